The van der Waals surface area contributed by atoms with E-state index in [0.29, 0.717) is 24.7 Å². The molecule has 10 nitrogen and oxygen atoms in total. The first-order valence-electron chi connectivity index (χ1n) is 13.2. The minimum atomic E-state index is -1.02. The van der Waals surface area contributed by atoms with Crippen molar-refractivity contribution in [2.24, 2.45) is 5.92 Å². The third kappa shape index (κ3) is 8.64. The number of tetrazole rings is 1. The van der Waals surface area contributed by atoms with Gasteiger partial charge in [0.2, 0.25) is 17.6 Å². The van der Waals surface area contributed by atoms with Crippen molar-refractivity contribution >= 4 is 30.4 Å². The molecule has 0 aliphatic rings. The minimum Gasteiger partial charge on any atom is -0.481 e. The van der Waals surface area contributed by atoms with Crippen LogP contribution in [0, 0.1) is 5.92 Å². The molecule has 1 aromatic heterocycles. The molecule has 0 bridgehead atoms. The van der Waals surface area contributed by atoms with Crippen LogP contribution in [-0.4, -0.2) is 66.8 Å². The molecule has 2 amide bonds. The maximum atomic E-state index is 13.6. The van der Waals surface area contributed by atoms with Crippen LogP contribution in [0.4, 0.5) is 0 Å². The van der Waals surface area contributed by atoms with E-state index in [-0.39, 0.29) is 24.7 Å². The number of carbonyl (C=O) groups excluding carboxylic acids is 2. The van der Waals surface area contributed by atoms with Gasteiger partial charge in [0.05, 0.1) is 0 Å². The number of aromatic nitrogens is 4. The van der Waals surface area contributed by atoms with Gasteiger partial charge in [0, 0.05) is 36.7 Å². The molecule has 0 fully saturated rings. The van der Waals surface area contributed by atoms with Crippen LogP contribution in [-0.2, 0) is 20.9 Å². The number of H-pyrrole nitrogens is 1. The first-order chi connectivity index (χ1) is 18.8. The summed E-state index contributed by atoms with van der Waals surface area (Å²) < 4.78 is 0. The summed E-state index contributed by atoms with van der Waals surface area (Å²) in [5.74, 6) is -1.17. The zero-order chi connectivity index (χ0) is 28.2. The number of carboxylic acid groups (broad SMARTS) is 1. The molecule has 208 valence electrons. The van der Waals surface area contributed by atoms with Crippen LogP contribution in [0.1, 0.15) is 51.5 Å². The van der Waals surface area contributed by atoms with E-state index >= 15 is 0 Å². The lowest BCUT2D eigenvalue weighted by Crippen LogP contribution is -2.50. The molecule has 39 heavy (non-hydrogen) atoms. The molecule has 3 aromatic rings. The molecule has 11 heteroatoms. The van der Waals surface area contributed by atoms with Crippen LogP contribution in [0.3, 0.4) is 0 Å². The van der Waals surface area contributed by atoms with E-state index in [1.54, 1.807) is 11.8 Å². The number of carbonyl (C=O) groups is 3. The largest absolute Gasteiger partial charge is 0.481 e. The van der Waals surface area contributed by atoms with Crippen LogP contribution >= 0.6 is 12.6 Å². The van der Waals surface area contributed by atoms with Gasteiger partial charge in [-0.15, -0.1) is 10.2 Å². The van der Waals surface area contributed by atoms with Gasteiger partial charge in [-0.05, 0) is 34.7 Å². The molecule has 2 aromatic carbocycles. The van der Waals surface area contributed by atoms with E-state index in [0.717, 1.165) is 41.5 Å². The fraction of sp³-hybridized carbons (Fsp3) is 0.429. The highest BCUT2D eigenvalue weighted by Gasteiger charge is 2.28. The Kier molecular flexibility index (Phi) is 11.5. The van der Waals surface area contributed by atoms with Crippen molar-refractivity contribution in [2.45, 2.75) is 58.5 Å². The summed E-state index contributed by atoms with van der Waals surface area (Å²) in [5, 5.41) is 26.3. The van der Waals surface area contributed by atoms with Crippen molar-refractivity contribution in [3.8, 4) is 22.5 Å². The first kappa shape index (κ1) is 29.8. The zero-order valence-corrected chi connectivity index (χ0v) is 23.2. The lowest BCUT2D eigenvalue weighted by Gasteiger charge is -2.29. The fourth-order valence-electron chi connectivity index (χ4n) is 4.18. The van der Waals surface area contributed by atoms with Crippen LogP contribution in [0.5, 0.6) is 0 Å². The van der Waals surface area contributed by atoms with Crippen molar-refractivity contribution in [2.75, 3.05) is 12.3 Å². The van der Waals surface area contributed by atoms with Gasteiger partial charge in [0.25, 0.3) is 0 Å². The highest BCUT2D eigenvalue weighted by molar-refractivity contribution is 7.80. The molecule has 0 spiro atoms. The maximum absolute atomic E-state index is 13.6. The Labute approximate surface area is 234 Å². The standard InChI is InChI=1S/C28H36N6O4S/c1-3-4-7-16-34(28(38)24(14-15-25(35)36)29-27(37)19(2)18-39)17-20-10-12-21(13-11-20)22-8-5-6-9-23(22)26-30-32-33-31-26/h5-6,8-13,19,24,39H,3-4,7,14-18H2,1-2H3,(H,29,37)(H,35,36)(H,30,31,32,33)/t19-,24+/m1/s1. The van der Waals surface area contributed by atoms with E-state index in [9.17, 15) is 19.5 Å². The number of rotatable bonds is 15. The summed E-state index contributed by atoms with van der Waals surface area (Å²) in [6.45, 7) is 4.66. The Bertz CT molecular complexity index is 1220. The monoisotopic (exact) mass is 552 g/mol. The van der Waals surface area contributed by atoms with Crippen molar-refractivity contribution in [1.82, 2.24) is 30.8 Å². The van der Waals surface area contributed by atoms with Crippen molar-refractivity contribution in [1.29, 1.82) is 0 Å². The molecule has 2 atom stereocenters. The van der Waals surface area contributed by atoms with Gasteiger partial charge in [-0.1, -0.05) is 75.2 Å². The number of hydrogen-bond donors (Lipinski definition) is 4. The molecule has 0 unspecified atom stereocenters. The average Bonchev–Trinajstić information content (AvgIpc) is 3.49. The first-order valence-corrected chi connectivity index (χ1v) is 13.8. The van der Waals surface area contributed by atoms with Gasteiger partial charge < -0.3 is 15.3 Å². The van der Waals surface area contributed by atoms with Crippen molar-refractivity contribution in [3.63, 3.8) is 0 Å². The number of hydrogen-bond acceptors (Lipinski definition) is 7. The van der Waals surface area contributed by atoms with E-state index < -0.39 is 17.9 Å². The van der Waals surface area contributed by atoms with Gasteiger partial charge in [-0.2, -0.15) is 17.8 Å². The van der Waals surface area contributed by atoms with Gasteiger partial charge in [-0.25, -0.2) is 0 Å². The molecule has 3 rings (SSSR count). The van der Waals surface area contributed by atoms with E-state index in [1.165, 1.54) is 0 Å². The Hall–Kier alpha value is -3.73. The second kappa shape index (κ2) is 15.0. The quantitative estimate of drug-likeness (QED) is 0.165. The molecule has 3 N–H and O–H groups in total. The molecule has 0 saturated heterocycles. The molecular formula is C28H36N6O4S. The van der Waals surface area contributed by atoms with Gasteiger partial charge >= 0.3 is 5.97 Å². The van der Waals surface area contributed by atoms with Gasteiger partial charge in [0.1, 0.15) is 6.04 Å². The van der Waals surface area contributed by atoms with Gasteiger partial charge in [0.15, 0.2) is 0 Å². The lowest BCUT2D eigenvalue weighted by molar-refractivity contribution is -0.140. The number of aliphatic carboxylic acids is 1. The minimum absolute atomic E-state index is 0.0231. The summed E-state index contributed by atoms with van der Waals surface area (Å²) in [7, 11) is 0. The number of benzene rings is 2. The molecule has 0 aliphatic carbocycles. The lowest BCUT2D eigenvalue weighted by atomic mass is 9.98. The molecule has 0 aliphatic heterocycles. The number of unbranched alkanes of at least 4 members (excludes halogenated alkanes) is 2. The summed E-state index contributed by atoms with van der Waals surface area (Å²) in [5.41, 5.74) is 3.70. The SMILES string of the molecule is CCCCCN(Cc1ccc(-c2ccccc2-c2nn[nH]n2)cc1)C(=O)[C@H](CCC(=O)O)NC(=O)[C@H](C)CS. The maximum Gasteiger partial charge on any atom is 0.303 e. The van der Waals surface area contributed by atoms with Crippen LogP contribution in [0.2, 0.25) is 0 Å². The summed E-state index contributed by atoms with van der Waals surface area (Å²) in [4.78, 5) is 39.2. The van der Waals surface area contributed by atoms with Crippen LogP contribution < -0.4 is 5.32 Å². The van der Waals surface area contributed by atoms with Crippen molar-refractivity contribution in [3.05, 3.63) is 54.1 Å². The van der Waals surface area contributed by atoms with Crippen molar-refractivity contribution < 1.29 is 19.5 Å². The Morgan fingerprint density at radius 2 is 1.79 bits per heavy atom. The predicted octanol–water partition coefficient (Wildman–Crippen LogP) is 3.97. The number of amides is 2. The number of thiol groups is 1. The summed E-state index contributed by atoms with van der Waals surface area (Å²) in [6.07, 6.45) is 2.57. The smallest absolute Gasteiger partial charge is 0.303 e. The predicted molar refractivity (Wildman–Crippen MR) is 152 cm³/mol. The number of carboxylic acids is 1. The van der Waals surface area contributed by atoms with E-state index in [2.05, 4.69) is 45.5 Å². The normalized spacial score (nSPS) is 12.5. The number of nitrogens with zero attached hydrogens (tertiary/aromatic N) is 4. The third-order valence-corrected chi connectivity index (χ3v) is 7.03. The summed E-state index contributed by atoms with van der Waals surface area (Å²) >= 11 is 4.17. The van der Waals surface area contributed by atoms with E-state index in [1.807, 2.05) is 48.5 Å². The highest BCUT2D eigenvalue weighted by Crippen LogP contribution is 2.30. The highest BCUT2D eigenvalue weighted by atomic mass is 32.1. The third-order valence-electron chi connectivity index (χ3n) is 6.48. The Morgan fingerprint density at radius 1 is 1.08 bits per heavy atom. The Balaban J connectivity index is 1.82. The van der Waals surface area contributed by atoms with Gasteiger partial charge in [-0.3, -0.25) is 14.4 Å². The van der Waals surface area contributed by atoms with Crippen LogP contribution in [0.15, 0.2) is 48.5 Å². The Morgan fingerprint density at radius 3 is 2.41 bits per heavy atom. The average molecular weight is 553 g/mol. The zero-order valence-electron chi connectivity index (χ0n) is 22.3. The fourth-order valence-corrected chi connectivity index (χ4v) is 4.34. The molecular weight excluding hydrogens is 516 g/mol. The van der Waals surface area contributed by atoms with Crippen LogP contribution in [0.25, 0.3) is 22.5 Å². The molecule has 0 radical (unpaired) electrons. The van der Waals surface area contributed by atoms with E-state index in [4.69, 9.17) is 0 Å². The topological polar surface area (TPSA) is 141 Å². The second-order valence-corrected chi connectivity index (χ2v) is 9.89. The second-order valence-electron chi connectivity index (χ2n) is 9.52. The molecule has 0 saturated carbocycles. The number of aromatic amines is 1. The molecule has 1 heterocycles. The summed E-state index contributed by atoms with van der Waals surface area (Å²) in [6, 6.07) is 14.8. The number of nitrogens with one attached hydrogen (secondary N) is 2.